The van der Waals surface area contributed by atoms with Crippen molar-refractivity contribution >= 4 is 65.6 Å². The highest BCUT2D eigenvalue weighted by Crippen LogP contribution is 2.64. The van der Waals surface area contributed by atoms with Gasteiger partial charge in [0.15, 0.2) is 11.4 Å². The summed E-state index contributed by atoms with van der Waals surface area (Å²) < 4.78 is 12.9. The third-order valence-electron chi connectivity index (χ3n) is 15.3. The zero-order chi connectivity index (χ0) is 45.0. The molecule has 2 aliphatic rings. The predicted molar refractivity (Wildman–Crippen MR) is 281 cm³/mol. The van der Waals surface area contributed by atoms with Gasteiger partial charge in [0, 0.05) is 27.3 Å². The summed E-state index contributed by atoms with van der Waals surface area (Å²) in [6.07, 6.45) is 0. The van der Waals surface area contributed by atoms with Crippen molar-refractivity contribution in [3.05, 3.63) is 241 Å². The smallest absolute Gasteiger partial charge is 0.180 e. The summed E-state index contributed by atoms with van der Waals surface area (Å²) in [4.78, 5) is 10.5. The summed E-state index contributed by atoms with van der Waals surface area (Å²) in [5, 5.41) is 8.29. The van der Waals surface area contributed by atoms with Crippen LogP contribution in [0.1, 0.15) is 22.3 Å². The Morgan fingerprint density at radius 3 is 1.72 bits per heavy atom. The van der Waals surface area contributed by atoms with E-state index in [1.807, 2.05) is 36.4 Å². The number of benzene rings is 11. The molecule has 0 saturated heterocycles. The number of nitrogens with zero attached hydrogens (tertiary/aromatic N) is 2. The van der Waals surface area contributed by atoms with Crippen molar-refractivity contribution in [3.8, 4) is 67.2 Å². The highest BCUT2D eigenvalue weighted by molar-refractivity contribution is 6.33. The van der Waals surface area contributed by atoms with Gasteiger partial charge in [-0.25, -0.2) is 9.97 Å². The van der Waals surface area contributed by atoms with Gasteiger partial charge in [0.1, 0.15) is 28.0 Å². The van der Waals surface area contributed by atoms with Crippen molar-refractivity contribution in [2.75, 3.05) is 0 Å². The minimum atomic E-state index is -0.538. The van der Waals surface area contributed by atoms with Gasteiger partial charge in [-0.1, -0.05) is 176 Å². The molecular formula is C65H36N2O2. The Morgan fingerprint density at radius 2 is 0.913 bits per heavy atom. The quantitative estimate of drug-likeness (QED) is 0.165. The van der Waals surface area contributed by atoms with E-state index in [1.165, 1.54) is 88.0 Å². The molecule has 0 atom stereocenters. The first-order valence-corrected chi connectivity index (χ1v) is 23.6. The van der Waals surface area contributed by atoms with Crippen molar-refractivity contribution in [1.29, 1.82) is 0 Å². The van der Waals surface area contributed by atoms with Crippen LogP contribution in [0.3, 0.4) is 0 Å². The van der Waals surface area contributed by atoms with Gasteiger partial charge in [0.25, 0.3) is 0 Å². The first-order valence-electron chi connectivity index (χ1n) is 23.6. The minimum absolute atomic E-state index is 0.538. The van der Waals surface area contributed by atoms with E-state index in [9.17, 15) is 0 Å². The molecule has 4 nitrogen and oxygen atoms in total. The average molecular weight is 877 g/mol. The molecule has 69 heavy (non-hydrogen) atoms. The van der Waals surface area contributed by atoms with Crippen molar-refractivity contribution in [2.45, 2.75) is 5.41 Å². The summed E-state index contributed by atoms with van der Waals surface area (Å²) in [7, 11) is 0. The zero-order valence-electron chi connectivity index (χ0n) is 37.0. The van der Waals surface area contributed by atoms with Crippen molar-refractivity contribution in [1.82, 2.24) is 9.97 Å². The second-order valence-corrected chi connectivity index (χ2v) is 18.7. The standard InChI is InChI=1S/C65H36N2O2/c1-2-14-37(15-3-1)61-63-62(49-20-6-9-27-55(49)69-63)67-64(66-61)41-17-10-16-38(34-41)39-30-33-48-54(36-39)65(51-24-7-4-18-44(51)45-19-5-8-25-52(45)65)53-26-11-21-42(58(48)53)40-31-32-43-46-22-12-28-56-59(46)60-47(50(43)35-40)23-13-29-57(60)68-56/h1-36H. The summed E-state index contributed by atoms with van der Waals surface area (Å²) in [5.74, 6) is 0.657. The van der Waals surface area contributed by atoms with E-state index in [2.05, 4.69) is 182 Å². The molecule has 0 N–H and O–H groups in total. The van der Waals surface area contributed by atoms with E-state index in [4.69, 9.17) is 18.8 Å². The highest BCUT2D eigenvalue weighted by Gasteiger charge is 2.52. The fourth-order valence-electron chi connectivity index (χ4n) is 12.4. The van der Waals surface area contributed by atoms with Crippen LogP contribution in [-0.4, -0.2) is 9.97 Å². The summed E-state index contributed by atoms with van der Waals surface area (Å²) >= 11 is 0. The lowest BCUT2D eigenvalue weighted by Crippen LogP contribution is -2.25. The Morgan fingerprint density at radius 1 is 0.319 bits per heavy atom. The van der Waals surface area contributed by atoms with Crippen LogP contribution < -0.4 is 0 Å². The van der Waals surface area contributed by atoms with Crippen LogP contribution in [0.15, 0.2) is 227 Å². The SMILES string of the molecule is c1ccc(-c2nc(-c3cccc(-c4ccc5c(c4)C4(c6ccccc6-c6ccccc64)c4cccc(-c6ccc7c(c6)c6cccc8oc9cccc7c9c86)c4-5)c3)nc3c2oc2ccccc23)cc1. The van der Waals surface area contributed by atoms with E-state index < -0.39 is 5.41 Å². The molecule has 16 rings (SSSR count). The fraction of sp³-hybridized carbons (Fsp3) is 0.0154. The van der Waals surface area contributed by atoms with Crippen LogP contribution in [0.4, 0.5) is 0 Å². The largest absolute Gasteiger partial charge is 0.456 e. The number of rotatable bonds is 4. The van der Waals surface area contributed by atoms with Crippen LogP contribution in [-0.2, 0) is 5.41 Å². The molecule has 4 heteroatoms. The van der Waals surface area contributed by atoms with E-state index in [0.29, 0.717) is 11.4 Å². The van der Waals surface area contributed by atoms with Crippen molar-refractivity contribution in [2.24, 2.45) is 0 Å². The average Bonchev–Trinajstić information content (AvgIpc) is 4.16. The van der Waals surface area contributed by atoms with Crippen LogP contribution in [0.2, 0.25) is 0 Å². The molecule has 11 aromatic carbocycles. The lowest BCUT2D eigenvalue weighted by molar-refractivity contribution is 0.667. The molecular weight excluding hydrogens is 841 g/mol. The topological polar surface area (TPSA) is 52.1 Å². The molecule has 1 spiro atoms. The molecule has 0 aliphatic heterocycles. The molecule has 0 amide bonds. The van der Waals surface area contributed by atoms with Crippen LogP contribution in [0.5, 0.6) is 0 Å². The Kier molecular flexibility index (Phi) is 7.24. The van der Waals surface area contributed by atoms with Crippen LogP contribution >= 0.6 is 0 Å². The maximum atomic E-state index is 6.45. The molecule has 3 heterocycles. The second kappa shape index (κ2) is 13.5. The van der Waals surface area contributed by atoms with E-state index >= 15 is 0 Å². The van der Waals surface area contributed by atoms with Crippen molar-refractivity contribution < 1.29 is 8.83 Å². The number of hydrogen-bond donors (Lipinski definition) is 0. The van der Waals surface area contributed by atoms with Gasteiger partial charge in [-0.2, -0.15) is 0 Å². The molecule has 0 unspecified atom stereocenters. The van der Waals surface area contributed by atoms with Gasteiger partial charge in [0.05, 0.1) is 5.41 Å². The maximum Gasteiger partial charge on any atom is 0.180 e. The summed E-state index contributed by atoms with van der Waals surface area (Å²) in [6, 6.07) is 79.3. The minimum Gasteiger partial charge on any atom is -0.456 e. The van der Waals surface area contributed by atoms with Gasteiger partial charge < -0.3 is 8.83 Å². The monoisotopic (exact) mass is 876 g/mol. The Balaban J connectivity index is 0.919. The maximum absolute atomic E-state index is 6.45. The molecule has 318 valence electrons. The third kappa shape index (κ3) is 4.87. The number of para-hydroxylation sites is 1. The van der Waals surface area contributed by atoms with Gasteiger partial charge in [-0.3, -0.25) is 0 Å². The van der Waals surface area contributed by atoms with Gasteiger partial charge in [0.2, 0.25) is 0 Å². The number of furan rings is 2. The summed E-state index contributed by atoms with van der Waals surface area (Å²) in [6.45, 7) is 0. The Labute approximate surface area is 395 Å². The normalized spacial score (nSPS) is 13.3. The molecule has 2 aliphatic carbocycles. The Hall–Kier alpha value is -9.12. The third-order valence-corrected chi connectivity index (χ3v) is 15.3. The van der Waals surface area contributed by atoms with E-state index in [0.717, 1.165) is 55.6 Å². The van der Waals surface area contributed by atoms with Gasteiger partial charge in [-0.05, 0) is 131 Å². The van der Waals surface area contributed by atoms with Gasteiger partial charge in [-0.15, -0.1) is 0 Å². The molecule has 0 saturated carbocycles. The van der Waals surface area contributed by atoms with Gasteiger partial charge >= 0.3 is 0 Å². The first kappa shape index (κ1) is 37.0. The molecule has 3 aromatic heterocycles. The fourth-order valence-corrected chi connectivity index (χ4v) is 12.4. The van der Waals surface area contributed by atoms with Crippen LogP contribution in [0.25, 0.3) is 133 Å². The lowest BCUT2D eigenvalue weighted by Gasteiger charge is -2.31. The Bertz CT molecular complexity index is 4450. The van der Waals surface area contributed by atoms with Crippen LogP contribution in [0, 0.1) is 0 Å². The number of aromatic nitrogens is 2. The van der Waals surface area contributed by atoms with E-state index in [1.54, 1.807) is 0 Å². The van der Waals surface area contributed by atoms with Crippen molar-refractivity contribution in [3.63, 3.8) is 0 Å². The molecule has 0 fully saturated rings. The molecule has 0 radical (unpaired) electrons. The number of fused-ring (bicyclic) bond motifs is 16. The molecule has 0 bridgehead atoms. The second-order valence-electron chi connectivity index (χ2n) is 18.7. The predicted octanol–water partition coefficient (Wildman–Crippen LogP) is 17.0. The molecule has 14 aromatic rings. The lowest BCUT2D eigenvalue weighted by atomic mass is 9.70. The zero-order valence-corrected chi connectivity index (χ0v) is 37.0. The number of hydrogen-bond acceptors (Lipinski definition) is 4. The first-order chi connectivity index (χ1) is 34.2. The van der Waals surface area contributed by atoms with E-state index in [-0.39, 0.29) is 0 Å². The summed E-state index contributed by atoms with van der Waals surface area (Å²) in [5.41, 5.74) is 21.3. The highest BCUT2D eigenvalue weighted by atomic mass is 16.3.